The summed E-state index contributed by atoms with van der Waals surface area (Å²) in [4.78, 5) is 12.7. The molecule has 1 atom stereocenters. The van der Waals surface area contributed by atoms with Crippen LogP contribution in [0.3, 0.4) is 0 Å². The third-order valence-electron chi connectivity index (χ3n) is 4.71. The molecule has 7 nitrogen and oxygen atoms in total. The van der Waals surface area contributed by atoms with Crippen molar-refractivity contribution in [3.05, 3.63) is 52.5 Å². The molecule has 0 bridgehead atoms. The molecule has 3 rings (SSSR count). The van der Waals surface area contributed by atoms with E-state index in [0.29, 0.717) is 40.6 Å². The van der Waals surface area contributed by atoms with Crippen LogP contribution in [0.1, 0.15) is 37.0 Å². The first-order chi connectivity index (χ1) is 14.7. The van der Waals surface area contributed by atoms with Gasteiger partial charge in [-0.15, -0.1) is 0 Å². The first kappa shape index (κ1) is 23.7. The van der Waals surface area contributed by atoms with Gasteiger partial charge in [-0.25, -0.2) is 13.1 Å². The molecule has 0 aromatic heterocycles. The summed E-state index contributed by atoms with van der Waals surface area (Å²) in [5.74, 6) is 0.770. The highest BCUT2D eigenvalue weighted by atomic mass is 79.9. The second-order valence-electron chi connectivity index (χ2n) is 7.82. The lowest BCUT2D eigenvalue weighted by molar-refractivity contribution is 0.102. The van der Waals surface area contributed by atoms with Crippen molar-refractivity contribution < 1.29 is 22.7 Å². The van der Waals surface area contributed by atoms with E-state index in [1.165, 1.54) is 12.1 Å². The summed E-state index contributed by atoms with van der Waals surface area (Å²) >= 11 is 3.43. The Hall–Kier alpha value is -1.94. The van der Waals surface area contributed by atoms with Crippen LogP contribution in [-0.4, -0.2) is 40.2 Å². The summed E-state index contributed by atoms with van der Waals surface area (Å²) in [5, 5.41) is 2.77. The molecule has 31 heavy (non-hydrogen) atoms. The van der Waals surface area contributed by atoms with Crippen LogP contribution in [0.2, 0.25) is 0 Å². The molecule has 2 aromatic rings. The van der Waals surface area contributed by atoms with Crippen LogP contribution in [0.4, 0.5) is 5.69 Å². The van der Waals surface area contributed by atoms with Gasteiger partial charge in [0, 0.05) is 24.4 Å². The Labute approximate surface area is 191 Å². The first-order valence-corrected chi connectivity index (χ1v) is 12.5. The molecule has 1 aliphatic rings. The summed E-state index contributed by atoms with van der Waals surface area (Å²) in [6.45, 7) is 5.64. The van der Waals surface area contributed by atoms with E-state index in [0.717, 1.165) is 12.8 Å². The maximum absolute atomic E-state index is 12.6. The van der Waals surface area contributed by atoms with E-state index < -0.39 is 10.0 Å². The standard InChI is InChI=1S/C22H27BrN2O5S/c1-15(2)14-30-21-10-5-16(12-20(21)23)22(26)25-17-6-8-19(9-7-17)31(27,28)24-13-18-4-3-11-29-18/h5-10,12,15,18,24H,3-4,11,13-14H2,1-2H3,(H,25,26). The first-order valence-electron chi connectivity index (χ1n) is 10.2. The van der Waals surface area contributed by atoms with E-state index in [1.54, 1.807) is 30.3 Å². The summed E-state index contributed by atoms with van der Waals surface area (Å²) in [6, 6.07) is 11.2. The number of ether oxygens (including phenoxy) is 2. The number of carbonyl (C=O) groups is 1. The van der Waals surface area contributed by atoms with Gasteiger partial charge in [0.2, 0.25) is 10.0 Å². The molecule has 1 saturated heterocycles. The van der Waals surface area contributed by atoms with Gasteiger partial charge in [0.1, 0.15) is 5.75 Å². The van der Waals surface area contributed by atoms with Gasteiger partial charge < -0.3 is 14.8 Å². The van der Waals surface area contributed by atoms with Crippen LogP contribution in [0.15, 0.2) is 51.8 Å². The lowest BCUT2D eigenvalue weighted by Gasteiger charge is -2.13. The Bertz CT molecular complexity index is 1000. The van der Waals surface area contributed by atoms with Gasteiger partial charge in [-0.05, 0) is 77.2 Å². The predicted molar refractivity (Wildman–Crippen MR) is 123 cm³/mol. The van der Waals surface area contributed by atoms with Crippen LogP contribution in [0.25, 0.3) is 0 Å². The van der Waals surface area contributed by atoms with Gasteiger partial charge in [-0.2, -0.15) is 0 Å². The van der Waals surface area contributed by atoms with Gasteiger partial charge in [0.05, 0.1) is 22.1 Å². The summed E-state index contributed by atoms with van der Waals surface area (Å²) < 4.78 is 39.3. The van der Waals surface area contributed by atoms with Gasteiger partial charge in [0.25, 0.3) is 5.91 Å². The van der Waals surface area contributed by atoms with Gasteiger partial charge in [0.15, 0.2) is 0 Å². The molecule has 168 valence electrons. The van der Waals surface area contributed by atoms with Crippen molar-refractivity contribution in [3.63, 3.8) is 0 Å². The van der Waals surface area contributed by atoms with E-state index in [4.69, 9.17) is 9.47 Å². The van der Waals surface area contributed by atoms with Crippen molar-refractivity contribution >= 4 is 37.5 Å². The highest BCUT2D eigenvalue weighted by Gasteiger charge is 2.20. The fraction of sp³-hybridized carbons (Fsp3) is 0.409. The lowest BCUT2D eigenvalue weighted by atomic mass is 10.2. The third-order valence-corrected chi connectivity index (χ3v) is 6.77. The van der Waals surface area contributed by atoms with Gasteiger partial charge in [-0.3, -0.25) is 4.79 Å². The van der Waals surface area contributed by atoms with Crippen LogP contribution in [0, 0.1) is 5.92 Å². The molecular weight excluding hydrogens is 484 g/mol. The normalized spacial score (nSPS) is 16.5. The van der Waals surface area contributed by atoms with Crippen LogP contribution < -0.4 is 14.8 Å². The number of hydrogen-bond acceptors (Lipinski definition) is 5. The number of halogens is 1. The molecule has 0 aliphatic carbocycles. The fourth-order valence-corrected chi connectivity index (χ4v) is 4.59. The number of nitrogens with one attached hydrogen (secondary N) is 2. The molecular formula is C22H27BrN2O5S. The average molecular weight is 511 g/mol. The Balaban J connectivity index is 1.60. The summed E-state index contributed by atoms with van der Waals surface area (Å²) in [5.41, 5.74) is 0.957. The summed E-state index contributed by atoms with van der Waals surface area (Å²) in [6.07, 6.45) is 1.73. The minimum atomic E-state index is -3.63. The van der Waals surface area contributed by atoms with E-state index >= 15 is 0 Å². The molecule has 1 unspecified atom stereocenters. The topological polar surface area (TPSA) is 93.7 Å². The monoisotopic (exact) mass is 510 g/mol. The maximum Gasteiger partial charge on any atom is 0.255 e. The minimum absolute atomic E-state index is 0.0742. The summed E-state index contributed by atoms with van der Waals surface area (Å²) in [7, 11) is -3.63. The molecule has 1 aliphatic heterocycles. The Kier molecular flexibility index (Phi) is 8.10. The van der Waals surface area contributed by atoms with Gasteiger partial charge >= 0.3 is 0 Å². The second-order valence-corrected chi connectivity index (χ2v) is 10.4. The molecule has 0 spiro atoms. The Morgan fingerprint density at radius 2 is 1.97 bits per heavy atom. The molecule has 1 amide bonds. The van der Waals surface area contributed by atoms with Crippen molar-refractivity contribution in [2.24, 2.45) is 5.92 Å². The number of anilines is 1. The minimum Gasteiger partial charge on any atom is -0.492 e. The number of carbonyl (C=O) groups excluding carboxylic acids is 1. The number of amides is 1. The molecule has 1 heterocycles. The molecule has 2 aromatic carbocycles. The zero-order valence-electron chi connectivity index (χ0n) is 17.6. The SMILES string of the molecule is CC(C)COc1ccc(C(=O)Nc2ccc(S(=O)(=O)NCC3CCCO3)cc2)cc1Br. The van der Waals surface area contributed by atoms with E-state index in [2.05, 4.69) is 39.8 Å². The zero-order valence-corrected chi connectivity index (χ0v) is 20.0. The second kappa shape index (κ2) is 10.6. The zero-order chi connectivity index (χ0) is 22.4. The number of rotatable bonds is 9. The van der Waals surface area contributed by atoms with Crippen molar-refractivity contribution in [1.82, 2.24) is 4.72 Å². The molecule has 0 saturated carbocycles. The van der Waals surface area contributed by atoms with Crippen LogP contribution >= 0.6 is 15.9 Å². The smallest absolute Gasteiger partial charge is 0.255 e. The Morgan fingerprint density at radius 3 is 2.58 bits per heavy atom. The molecule has 1 fully saturated rings. The molecule has 9 heteroatoms. The average Bonchev–Trinajstić information content (AvgIpc) is 3.25. The third kappa shape index (κ3) is 6.77. The Morgan fingerprint density at radius 1 is 1.23 bits per heavy atom. The van der Waals surface area contributed by atoms with Crippen molar-refractivity contribution in [3.8, 4) is 5.75 Å². The molecule has 0 radical (unpaired) electrons. The number of benzene rings is 2. The van der Waals surface area contributed by atoms with Gasteiger partial charge in [-0.1, -0.05) is 13.8 Å². The largest absolute Gasteiger partial charge is 0.492 e. The number of hydrogen-bond donors (Lipinski definition) is 2. The van der Waals surface area contributed by atoms with Crippen LogP contribution in [-0.2, 0) is 14.8 Å². The van der Waals surface area contributed by atoms with Crippen molar-refractivity contribution in [1.29, 1.82) is 0 Å². The maximum atomic E-state index is 12.6. The van der Waals surface area contributed by atoms with E-state index in [-0.39, 0.29) is 23.5 Å². The quantitative estimate of drug-likeness (QED) is 0.527. The van der Waals surface area contributed by atoms with E-state index in [1.807, 2.05) is 0 Å². The van der Waals surface area contributed by atoms with Crippen LogP contribution in [0.5, 0.6) is 5.75 Å². The number of sulfonamides is 1. The predicted octanol–water partition coefficient (Wildman–Crippen LogP) is 4.19. The highest BCUT2D eigenvalue weighted by molar-refractivity contribution is 9.10. The van der Waals surface area contributed by atoms with E-state index in [9.17, 15) is 13.2 Å². The highest BCUT2D eigenvalue weighted by Crippen LogP contribution is 2.27. The van der Waals surface area contributed by atoms with Crippen molar-refractivity contribution in [2.75, 3.05) is 25.1 Å². The fourth-order valence-electron chi connectivity index (χ4n) is 3.03. The lowest BCUT2D eigenvalue weighted by Crippen LogP contribution is -2.31. The van der Waals surface area contributed by atoms with Crippen molar-refractivity contribution in [2.45, 2.75) is 37.7 Å². The molecule has 2 N–H and O–H groups in total.